The molecule has 0 radical (unpaired) electrons. The van der Waals surface area contributed by atoms with E-state index >= 15 is 0 Å². The molecular weight excluding hydrogens is 444 g/mol. The zero-order valence-corrected chi connectivity index (χ0v) is 19.5. The Balaban J connectivity index is 1.68. The number of rotatable bonds is 6. The number of methoxy groups -OCH3 is 1. The molecule has 0 unspecified atom stereocenters. The molecule has 2 N–H and O–H groups in total. The summed E-state index contributed by atoms with van der Waals surface area (Å²) in [4.78, 5) is 44.8. The van der Waals surface area contributed by atoms with Crippen molar-refractivity contribution in [3.63, 3.8) is 0 Å². The summed E-state index contributed by atoms with van der Waals surface area (Å²) in [6.45, 7) is 0. The minimum Gasteiger partial charge on any atom is -0.453 e. The van der Waals surface area contributed by atoms with Crippen LogP contribution in [0.25, 0.3) is 0 Å². The number of ether oxygens (including phenoxy) is 1. The van der Waals surface area contributed by atoms with Crippen LogP contribution in [0.15, 0.2) is 89.9 Å². The molecule has 3 amide bonds. The van der Waals surface area contributed by atoms with Crippen LogP contribution in [-0.2, 0) is 20.7 Å². The Labute approximate surface area is 203 Å². The molecule has 1 heterocycles. The van der Waals surface area contributed by atoms with Gasteiger partial charge in [-0.15, -0.1) is 0 Å². The van der Waals surface area contributed by atoms with E-state index in [9.17, 15) is 14.4 Å². The smallest absolute Gasteiger partial charge is 0.407 e. The summed E-state index contributed by atoms with van der Waals surface area (Å²) in [6, 6.07) is 25.2. The monoisotopic (exact) mass is 470 g/mol. The van der Waals surface area contributed by atoms with E-state index in [-0.39, 0.29) is 6.42 Å². The van der Waals surface area contributed by atoms with E-state index in [1.807, 2.05) is 84.9 Å². The predicted octanol–water partition coefficient (Wildman–Crippen LogP) is 2.91. The van der Waals surface area contributed by atoms with E-state index in [4.69, 9.17) is 9.73 Å². The van der Waals surface area contributed by atoms with Gasteiger partial charge in [0.2, 0.25) is 12.1 Å². The minimum absolute atomic E-state index is 0.216. The van der Waals surface area contributed by atoms with Crippen LogP contribution >= 0.6 is 0 Å². The van der Waals surface area contributed by atoms with Crippen LogP contribution in [0.2, 0.25) is 0 Å². The van der Waals surface area contributed by atoms with Crippen LogP contribution in [-0.4, -0.2) is 50.0 Å². The van der Waals surface area contributed by atoms with Crippen molar-refractivity contribution in [2.24, 2.45) is 4.99 Å². The fraction of sp³-hybridized carbons (Fsp3) is 0.185. The maximum atomic E-state index is 13.4. The highest BCUT2D eigenvalue weighted by Crippen LogP contribution is 2.27. The molecule has 0 fully saturated rings. The Kier molecular flexibility index (Phi) is 7.21. The lowest BCUT2D eigenvalue weighted by Gasteiger charge is -2.23. The predicted molar refractivity (Wildman–Crippen MR) is 133 cm³/mol. The standard InChI is InChI=1S/C27H26N4O4/c1-31-22-16-10-9-15-20(22)23(19-13-7-4-8-14-19)29-24(26(31)33)30-25(32)21(28-27(34)35-2)17-18-11-5-3-6-12-18/h3-16,21,24H,17H2,1-2H3,(H,28,34)(H,30,32)/t21-,24+/m1/s1. The van der Waals surface area contributed by atoms with E-state index in [1.165, 1.54) is 12.0 Å². The molecule has 0 saturated carbocycles. The fourth-order valence-corrected chi connectivity index (χ4v) is 3.94. The minimum atomic E-state index is -1.19. The lowest BCUT2D eigenvalue weighted by Crippen LogP contribution is -2.54. The average Bonchev–Trinajstić information content (AvgIpc) is 3.00. The van der Waals surface area contributed by atoms with Crippen molar-refractivity contribution in [3.8, 4) is 0 Å². The van der Waals surface area contributed by atoms with Gasteiger partial charge in [0.05, 0.1) is 18.5 Å². The number of carbonyl (C=O) groups excluding carboxylic acids is 3. The number of hydrogen-bond acceptors (Lipinski definition) is 5. The van der Waals surface area contributed by atoms with Gasteiger partial charge in [-0.25, -0.2) is 9.79 Å². The Hall–Kier alpha value is -4.46. The number of para-hydroxylation sites is 1. The zero-order chi connectivity index (χ0) is 24.8. The van der Waals surface area contributed by atoms with Crippen LogP contribution < -0.4 is 15.5 Å². The molecule has 0 aromatic heterocycles. The van der Waals surface area contributed by atoms with Gasteiger partial charge in [-0.2, -0.15) is 0 Å². The molecule has 35 heavy (non-hydrogen) atoms. The van der Waals surface area contributed by atoms with Crippen LogP contribution in [0.3, 0.4) is 0 Å². The number of aliphatic imine (C=N–C) groups is 1. The second kappa shape index (κ2) is 10.6. The van der Waals surface area contributed by atoms with Crippen LogP contribution in [0.5, 0.6) is 0 Å². The first-order valence-electron chi connectivity index (χ1n) is 11.2. The second-order valence-electron chi connectivity index (χ2n) is 8.05. The van der Waals surface area contributed by atoms with Gasteiger partial charge in [-0.3, -0.25) is 9.59 Å². The first kappa shape index (κ1) is 23.7. The fourth-order valence-electron chi connectivity index (χ4n) is 3.94. The molecule has 0 aliphatic carbocycles. The Morgan fingerprint density at radius 3 is 2.29 bits per heavy atom. The number of carbonyl (C=O) groups is 3. The molecule has 1 aliphatic rings. The number of benzene rings is 3. The number of benzodiazepines with no additional fused rings is 1. The third-order valence-electron chi connectivity index (χ3n) is 5.75. The average molecular weight is 471 g/mol. The van der Waals surface area contributed by atoms with Crippen molar-refractivity contribution >= 4 is 29.3 Å². The molecule has 8 nitrogen and oxygen atoms in total. The molecule has 178 valence electrons. The maximum absolute atomic E-state index is 13.4. The summed E-state index contributed by atoms with van der Waals surface area (Å²) >= 11 is 0. The van der Waals surface area contributed by atoms with Crippen LogP contribution in [0.4, 0.5) is 10.5 Å². The molecular formula is C27H26N4O4. The molecule has 8 heteroatoms. The van der Waals surface area contributed by atoms with E-state index in [2.05, 4.69) is 10.6 Å². The number of likely N-dealkylation sites (N-methyl/N-ethyl adjacent to an activating group) is 1. The Morgan fingerprint density at radius 2 is 1.60 bits per heavy atom. The molecule has 1 aliphatic heterocycles. The number of fused-ring (bicyclic) bond motifs is 1. The maximum Gasteiger partial charge on any atom is 0.407 e. The molecule has 0 spiro atoms. The third kappa shape index (κ3) is 5.38. The van der Waals surface area contributed by atoms with E-state index in [1.54, 1.807) is 7.05 Å². The molecule has 3 aromatic carbocycles. The van der Waals surface area contributed by atoms with Crippen molar-refractivity contribution < 1.29 is 19.1 Å². The van der Waals surface area contributed by atoms with Crippen LogP contribution in [0.1, 0.15) is 16.7 Å². The van der Waals surface area contributed by atoms with Crippen molar-refractivity contribution in [3.05, 3.63) is 102 Å². The normalized spacial score (nSPS) is 15.8. The van der Waals surface area contributed by atoms with Crippen molar-refractivity contribution in [1.82, 2.24) is 10.6 Å². The largest absolute Gasteiger partial charge is 0.453 e. The topological polar surface area (TPSA) is 100 Å². The molecule has 0 bridgehead atoms. The summed E-state index contributed by atoms with van der Waals surface area (Å²) in [5, 5.41) is 5.30. The number of nitrogens with one attached hydrogen (secondary N) is 2. The SMILES string of the molecule is COC(=O)N[C@H](Cc1ccccc1)C(=O)N[C@@H]1N=C(c2ccccc2)c2ccccc2N(C)C1=O. The summed E-state index contributed by atoms with van der Waals surface area (Å²) in [7, 11) is 2.88. The highest BCUT2D eigenvalue weighted by Gasteiger charge is 2.33. The third-order valence-corrected chi connectivity index (χ3v) is 5.75. The highest BCUT2D eigenvalue weighted by molar-refractivity contribution is 6.20. The summed E-state index contributed by atoms with van der Waals surface area (Å²) in [6.07, 6.45) is -1.72. The van der Waals surface area contributed by atoms with Gasteiger partial charge in [-0.05, 0) is 11.6 Å². The number of hydrogen-bond donors (Lipinski definition) is 2. The van der Waals surface area contributed by atoms with Crippen molar-refractivity contribution in [2.45, 2.75) is 18.6 Å². The number of amides is 3. The van der Waals surface area contributed by atoms with Gasteiger partial charge < -0.3 is 20.3 Å². The van der Waals surface area contributed by atoms with E-state index in [0.717, 1.165) is 16.7 Å². The Morgan fingerprint density at radius 1 is 0.971 bits per heavy atom. The van der Waals surface area contributed by atoms with Crippen molar-refractivity contribution in [2.75, 3.05) is 19.1 Å². The van der Waals surface area contributed by atoms with Crippen molar-refractivity contribution in [1.29, 1.82) is 0 Å². The lowest BCUT2D eigenvalue weighted by molar-refractivity contribution is -0.128. The molecule has 4 rings (SSSR count). The lowest BCUT2D eigenvalue weighted by atomic mass is 10.0. The summed E-state index contributed by atoms with van der Waals surface area (Å²) in [5.74, 6) is -0.943. The van der Waals surface area contributed by atoms with Gasteiger partial charge in [0.25, 0.3) is 5.91 Å². The van der Waals surface area contributed by atoms with Gasteiger partial charge in [0.1, 0.15) is 6.04 Å². The quantitative estimate of drug-likeness (QED) is 0.579. The first-order valence-corrected chi connectivity index (χ1v) is 11.2. The number of alkyl carbamates (subject to hydrolysis) is 1. The van der Waals surface area contributed by atoms with E-state index < -0.39 is 30.1 Å². The number of anilines is 1. The summed E-state index contributed by atoms with van der Waals surface area (Å²) < 4.78 is 4.70. The van der Waals surface area contributed by atoms with Gasteiger partial charge in [-0.1, -0.05) is 78.9 Å². The molecule has 3 aromatic rings. The van der Waals surface area contributed by atoms with Gasteiger partial charge in [0, 0.05) is 24.6 Å². The van der Waals surface area contributed by atoms with Gasteiger partial charge in [0.15, 0.2) is 0 Å². The molecule has 2 atom stereocenters. The first-order chi connectivity index (χ1) is 17.0. The number of nitrogens with zero attached hydrogens (tertiary/aromatic N) is 2. The highest BCUT2D eigenvalue weighted by atomic mass is 16.5. The second-order valence-corrected chi connectivity index (χ2v) is 8.05. The van der Waals surface area contributed by atoms with Crippen LogP contribution in [0, 0.1) is 0 Å². The summed E-state index contributed by atoms with van der Waals surface area (Å²) in [5.41, 5.74) is 3.71. The Bertz CT molecular complexity index is 1240. The van der Waals surface area contributed by atoms with Gasteiger partial charge >= 0.3 is 6.09 Å². The zero-order valence-electron chi connectivity index (χ0n) is 19.5. The molecule has 0 saturated heterocycles. The van der Waals surface area contributed by atoms with E-state index in [0.29, 0.717) is 11.4 Å².